The van der Waals surface area contributed by atoms with Crippen molar-refractivity contribution >= 4 is 45.8 Å². The average molecular weight is 826 g/mol. The summed E-state index contributed by atoms with van der Waals surface area (Å²) in [7, 11) is 1.38. The number of anilines is 2. The van der Waals surface area contributed by atoms with Crippen LogP contribution in [-0.4, -0.2) is 47.8 Å². The molecule has 1 fully saturated rings. The SMILES string of the molecule is COC(=O)c1ccc(CCc2ccc(NC(=O)c3c(NC(=O)c4cccc(CN(C(C)C)C5CCC(C(=O)OCc6ccccc6)CC5)c4)sc4c3CCCC4)cc2)cc1. The average Bonchev–Trinajstić information content (AvgIpc) is 3.65. The van der Waals surface area contributed by atoms with Crippen LogP contribution in [0.5, 0.6) is 0 Å². The molecule has 2 amide bonds. The zero-order chi connectivity index (χ0) is 42.0. The van der Waals surface area contributed by atoms with Crippen LogP contribution in [0.3, 0.4) is 0 Å². The minimum absolute atomic E-state index is 0.0795. The van der Waals surface area contributed by atoms with Crippen molar-refractivity contribution in [3.05, 3.63) is 153 Å². The van der Waals surface area contributed by atoms with Gasteiger partial charge in [-0.2, -0.15) is 0 Å². The molecule has 0 spiro atoms. The smallest absolute Gasteiger partial charge is 0.337 e. The van der Waals surface area contributed by atoms with E-state index in [0.29, 0.717) is 46.6 Å². The summed E-state index contributed by atoms with van der Waals surface area (Å²) in [6, 6.07) is 33.5. The number of amides is 2. The van der Waals surface area contributed by atoms with Gasteiger partial charge in [0.15, 0.2) is 0 Å². The Morgan fingerprint density at radius 2 is 1.38 bits per heavy atom. The first-order valence-corrected chi connectivity index (χ1v) is 22.1. The number of ether oxygens (including phenoxy) is 2. The maximum absolute atomic E-state index is 14.0. The largest absolute Gasteiger partial charge is 0.465 e. The normalized spacial score (nSPS) is 16.2. The van der Waals surface area contributed by atoms with E-state index >= 15 is 0 Å². The van der Waals surface area contributed by atoms with Crippen LogP contribution in [0.15, 0.2) is 103 Å². The van der Waals surface area contributed by atoms with Gasteiger partial charge in [0.05, 0.1) is 24.2 Å². The Bertz CT molecular complexity index is 2260. The quantitative estimate of drug-likeness (QED) is 0.101. The van der Waals surface area contributed by atoms with Crippen molar-refractivity contribution in [1.82, 2.24) is 4.90 Å². The lowest BCUT2D eigenvalue weighted by Crippen LogP contribution is -2.42. The third-order valence-electron chi connectivity index (χ3n) is 11.9. The Morgan fingerprint density at radius 1 is 0.717 bits per heavy atom. The summed E-state index contributed by atoms with van der Waals surface area (Å²) >= 11 is 1.52. The van der Waals surface area contributed by atoms with E-state index in [9.17, 15) is 19.2 Å². The fraction of sp³-hybridized carbons (Fsp3) is 0.360. The number of hydrogen-bond donors (Lipinski definition) is 2. The summed E-state index contributed by atoms with van der Waals surface area (Å²) in [4.78, 5) is 56.2. The highest BCUT2D eigenvalue weighted by Gasteiger charge is 2.32. The molecular weight excluding hydrogens is 771 g/mol. The first-order valence-electron chi connectivity index (χ1n) is 21.2. The second-order valence-electron chi connectivity index (χ2n) is 16.3. The number of nitrogens with one attached hydrogen (secondary N) is 2. The maximum atomic E-state index is 14.0. The first-order chi connectivity index (χ1) is 29.1. The van der Waals surface area contributed by atoms with Crippen LogP contribution >= 0.6 is 11.3 Å². The molecule has 2 aliphatic rings. The van der Waals surface area contributed by atoms with E-state index in [1.54, 1.807) is 12.1 Å². The van der Waals surface area contributed by atoms with Crippen LogP contribution in [0.25, 0.3) is 0 Å². The van der Waals surface area contributed by atoms with Gasteiger partial charge in [0.25, 0.3) is 11.8 Å². The minimum atomic E-state index is -0.348. The number of methoxy groups -OCH3 is 1. The van der Waals surface area contributed by atoms with E-state index < -0.39 is 0 Å². The van der Waals surface area contributed by atoms with Gasteiger partial charge in [-0.05, 0) is 142 Å². The molecule has 0 radical (unpaired) electrons. The second-order valence-corrected chi connectivity index (χ2v) is 17.4. The van der Waals surface area contributed by atoms with Gasteiger partial charge in [-0.25, -0.2) is 4.79 Å². The van der Waals surface area contributed by atoms with Crippen molar-refractivity contribution in [2.45, 2.75) is 103 Å². The third kappa shape index (κ3) is 10.8. The van der Waals surface area contributed by atoms with Gasteiger partial charge in [-0.3, -0.25) is 19.3 Å². The Morgan fingerprint density at radius 3 is 2.07 bits per heavy atom. The van der Waals surface area contributed by atoms with Gasteiger partial charge in [0, 0.05) is 34.8 Å². The number of thiophene rings is 1. The minimum Gasteiger partial charge on any atom is -0.465 e. The van der Waals surface area contributed by atoms with Gasteiger partial charge in [0.2, 0.25) is 0 Å². The van der Waals surface area contributed by atoms with E-state index in [0.717, 1.165) is 96.9 Å². The number of benzene rings is 4. The lowest BCUT2D eigenvalue weighted by atomic mass is 9.84. The molecule has 312 valence electrons. The molecule has 0 unspecified atom stereocenters. The zero-order valence-corrected chi connectivity index (χ0v) is 35.7. The lowest BCUT2D eigenvalue weighted by Gasteiger charge is -2.39. The van der Waals surface area contributed by atoms with Crippen LogP contribution in [0.4, 0.5) is 10.7 Å². The van der Waals surface area contributed by atoms with E-state index in [1.165, 1.54) is 18.4 Å². The number of carbonyl (C=O) groups is 4. The number of hydrogen-bond acceptors (Lipinski definition) is 8. The van der Waals surface area contributed by atoms with Crippen LogP contribution in [0.1, 0.15) is 116 Å². The molecule has 1 heterocycles. The predicted octanol–water partition coefficient (Wildman–Crippen LogP) is 10.2. The van der Waals surface area contributed by atoms with Crippen molar-refractivity contribution in [2.24, 2.45) is 5.92 Å². The molecule has 0 aliphatic heterocycles. The van der Waals surface area contributed by atoms with Gasteiger partial charge in [-0.15, -0.1) is 11.3 Å². The van der Waals surface area contributed by atoms with Crippen molar-refractivity contribution < 1.29 is 28.7 Å². The summed E-state index contributed by atoms with van der Waals surface area (Å²) in [5.41, 5.74) is 7.66. The number of esters is 2. The van der Waals surface area contributed by atoms with E-state index in [-0.39, 0.29) is 35.7 Å². The molecule has 7 rings (SSSR count). The van der Waals surface area contributed by atoms with E-state index in [2.05, 4.69) is 35.4 Å². The molecular formula is C50H55N3O6S. The molecule has 9 nitrogen and oxygen atoms in total. The molecule has 1 aromatic heterocycles. The number of nitrogens with zero attached hydrogens (tertiary/aromatic N) is 1. The first kappa shape index (κ1) is 42.5. The molecule has 4 aromatic carbocycles. The number of fused-ring (bicyclic) bond motifs is 1. The van der Waals surface area contributed by atoms with Gasteiger partial charge in [0.1, 0.15) is 11.6 Å². The van der Waals surface area contributed by atoms with Gasteiger partial charge >= 0.3 is 11.9 Å². The summed E-state index contributed by atoms with van der Waals surface area (Å²) < 4.78 is 10.5. The third-order valence-corrected chi connectivity index (χ3v) is 13.1. The number of carbonyl (C=O) groups excluding carboxylic acids is 4. The van der Waals surface area contributed by atoms with Crippen molar-refractivity contribution in [3.63, 3.8) is 0 Å². The summed E-state index contributed by atoms with van der Waals surface area (Å²) in [6.45, 7) is 5.40. The van der Waals surface area contributed by atoms with Crippen LogP contribution in [0.2, 0.25) is 0 Å². The number of rotatable bonds is 15. The Balaban J connectivity index is 0.962. The topological polar surface area (TPSA) is 114 Å². The Hall–Kier alpha value is -5.58. The standard InChI is InChI=1S/C50H55N3O6S/c1-33(2)53(42-28-24-39(25-29-42)50(57)59-32-36-10-5-4-6-11-36)31-37-12-9-13-40(30-37)46(54)52-48-45(43-14-7-8-15-44(43)60-48)47(55)51-41-26-20-35(21-27-41)17-16-34-18-22-38(23-19-34)49(56)58-3/h4-6,9-13,18-23,26-27,30,33,39,42H,7-8,14-17,24-25,28-29,31-32H2,1-3H3,(H,51,55)(H,52,54). The Kier molecular flexibility index (Phi) is 14.3. The molecule has 60 heavy (non-hydrogen) atoms. The van der Waals surface area contributed by atoms with Crippen LogP contribution in [-0.2, 0) is 53.1 Å². The van der Waals surface area contributed by atoms with Crippen LogP contribution in [0, 0.1) is 5.92 Å². The zero-order valence-electron chi connectivity index (χ0n) is 34.8. The summed E-state index contributed by atoms with van der Waals surface area (Å²) in [5.74, 6) is -0.991. The predicted molar refractivity (Wildman–Crippen MR) is 238 cm³/mol. The second kappa shape index (κ2) is 20.1. The fourth-order valence-electron chi connectivity index (χ4n) is 8.48. The maximum Gasteiger partial charge on any atom is 0.337 e. The molecule has 0 atom stereocenters. The van der Waals surface area contributed by atoms with Gasteiger partial charge < -0.3 is 20.1 Å². The summed E-state index contributed by atoms with van der Waals surface area (Å²) in [6.07, 6.45) is 8.82. The number of aryl methyl sites for hydroxylation is 3. The molecule has 2 N–H and O–H groups in total. The monoisotopic (exact) mass is 825 g/mol. The van der Waals surface area contributed by atoms with Crippen molar-refractivity contribution in [2.75, 3.05) is 17.7 Å². The Labute approximate surface area is 357 Å². The molecule has 2 aliphatic carbocycles. The molecule has 1 saturated carbocycles. The van der Waals surface area contributed by atoms with Crippen molar-refractivity contribution in [3.8, 4) is 0 Å². The molecule has 10 heteroatoms. The van der Waals surface area contributed by atoms with E-state index in [1.807, 2.05) is 84.9 Å². The van der Waals surface area contributed by atoms with Crippen molar-refractivity contribution in [1.29, 1.82) is 0 Å². The van der Waals surface area contributed by atoms with E-state index in [4.69, 9.17) is 9.47 Å². The molecule has 0 bridgehead atoms. The van der Waals surface area contributed by atoms with Crippen LogP contribution < -0.4 is 10.6 Å². The highest BCUT2D eigenvalue weighted by molar-refractivity contribution is 7.17. The molecule has 0 saturated heterocycles. The highest BCUT2D eigenvalue weighted by Crippen LogP contribution is 2.39. The molecule has 5 aromatic rings. The highest BCUT2D eigenvalue weighted by atomic mass is 32.1. The lowest BCUT2D eigenvalue weighted by molar-refractivity contribution is -0.151. The summed E-state index contributed by atoms with van der Waals surface area (Å²) in [5, 5.41) is 6.84. The van der Waals surface area contributed by atoms with Gasteiger partial charge in [-0.1, -0.05) is 66.7 Å². The fourth-order valence-corrected chi connectivity index (χ4v) is 9.76.